The SMILES string of the molecule is Cc1ccc(C(c2ccc(-c3nnc(-c4ccc(C(c5ccc(-c6nnc(C)n6-c6ccc(C(C)(C)C)cc6)cc5)(C(F)(F)F)C(F)(F)F)cc4)n3O)cc2)(C(F)(F)F)C(F)(F)F)cc1. The summed E-state index contributed by atoms with van der Waals surface area (Å²) in [7, 11) is 0. The number of alkyl halides is 12. The van der Waals surface area contributed by atoms with E-state index >= 15 is 26.3 Å². The molecule has 65 heavy (non-hydrogen) atoms. The Balaban J connectivity index is 1.23. The van der Waals surface area contributed by atoms with Crippen LogP contribution in [0.15, 0.2) is 121 Å². The van der Waals surface area contributed by atoms with Gasteiger partial charge in [0.1, 0.15) is 5.82 Å². The molecule has 340 valence electrons. The van der Waals surface area contributed by atoms with Crippen molar-refractivity contribution >= 4 is 0 Å². The van der Waals surface area contributed by atoms with Crippen molar-refractivity contribution in [1.29, 1.82) is 0 Å². The van der Waals surface area contributed by atoms with Crippen LogP contribution < -0.4 is 0 Å². The van der Waals surface area contributed by atoms with Gasteiger partial charge in [-0.05, 0) is 59.2 Å². The minimum atomic E-state index is -5.97. The molecule has 0 radical (unpaired) electrons. The van der Waals surface area contributed by atoms with Crippen LogP contribution in [0.3, 0.4) is 0 Å². The number of hydrogen-bond donors (Lipinski definition) is 1. The number of aromatic nitrogens is 6. The van der Waals surface area contributed by atoms with E-state index in [2.05, 4.69) is 20.4 Å². The Morgan fingerprint density at radius 3 is 1.00 bits per heavy atom. The number of nitrogens with zero attached hydrogens (tertiary/aromatic N) is 6. The third kappa shape index (κ3) is 7.67. The molecule has 7 nitrogen and oxygen atoms in total. The van der Waals surface area contributed by atoms with Crippen molar-refractivity contribution in [3.8, 4) is 39.9 Å². The molecule has 0 fully saturated rings. The molecule has 2 heterocycles. The van der Waals surface area contributed by atoms with Crippen molar-refractivity contribution in [2.75, 3.05) is 0 Å². The summed E-state index contributed by atoms with van der Waals surface area (Å²) in [6.45, 7) is 9.20. The van der Waals surface area contributed by atoms with Crippen molar-refractivity contribution in [3.05, 3.63) is 161 Å². The molecular formula is C46H36F12N6O. The Hall–Kier alpha value is -6.66. The predicted molar refractivity (Wildman–Crippen MR) is 215 cm³/mol. The maximum Gasteiger partial charge on any atom is 0.411 e. The smallest absolute Gasteiger partial charge is 0.411 e. The van der Waals surface area contributed by atoms with E-state index in [1.807, 2.05) is 32.9 Å². The molecule has 19 heteroatoms. The van der Waals surface area contributed by atoms with E-state index in [0.717, 1.165) is 66.2 Å². The lowest BCUT2D eigenvalue weighted by atomic mass is 9.72. The average Bonchev–Trinajstić information content (AvgIpc) is 3.79. The highest BCUT2D eigenvalue weighted by Crippen LogP contribution is 2.58. The highest BCUT2D eigenvalue weighted by molar-refractivity contribution is 5.65. The Bertz CT molecular complexity index is 2770. The monoisotopic (exact) mass is 916 g/mol. The van der Waals surface area contributed by atoms with Crippen LogP contribution in [-0.2, 0) is 16.2 Å². The second kappa shape index (κ2) is 15.8. The number of aryl methyl sites for hydroxylation is 2. The largest absolute Gasteiger partial charge is 0.425 e. The van der Waals surface area contributed by atoms with Gasteiger partial charge in [-0.15, -0.1) is 25.1 Å². The number of benzene rings is 5. The molecule has 0 saturated carbocycles. The van der Waals surface area contributed by atoms with Crippen LogP contribution in [0, 0.1) is 13.8 Å². The lowest BCUT2D eigenvalue weighted by Gasteiger charge is -2.38. The number of halogens is 12. The molecule has 1 N–H and O–H groups in total. The Morgan fingerprint density at radius 2 is 0.677 bits per heavy atom. The van der Waals surface area contributed by atoms with Crippen LogP contribution in [-0.4, -0.2) is 59.6 Å². The Labute approximate surface area is 363 Å². The first-order valence-corrected chi connectivity index (χ1v) is 19.5. The van der Waals surface area contributed by atoms with Gasteiger partial charge in [-0.25, -0.2) is 0 Å². The first-order valence-electron chi connectivity index (χ1n) is 19.5. The number of hydrogen-bond acceptors (Lipinski definition) is 5. The molecule has 0 bridgehead atoms. The number of rotatable bonds is 8. The minimum absolute atomic E-state index is 0.160. The van der Waals surface area contributed by atoms with Gasteiger partial charge < -0.3 is 5.21 Å². The van der Waals surface area contributed by atoms with Gasteiger partial charge >= 0.3 is 24.7 Å². The molecule has 2 aromatic heterocycles. The van der Waals surface area contributed by atoms with Gasteiger partial charge in [0.25, 0.3) is 0 Å². The van der Waals surface area contributed by atoms with E-state index in [-0.39, 0.29) is 32.7 Å². The van der Waals surface area contributed by atoms with Gasteiger partial charge in [0.05, 0.1) is 0 Å². The van der Waals surface area contributed by atoms with Crippen LogP contribution >= 0.6 is 0 Å². The molecule has 0 aliphatic carbocycles. The minimum Gasteiger partial charge on any atom is -0.425 e. The van der Waals surface area contributed by atoms with Crippen molar-refractivity contribution in [2.45, 2.75) is 75.6 Å². The van der Waals surface area contributed by atoms with Crippen LogP contribution in [0.25, 0.3) is 39.9 Å². The predicted octanol–water partition coefficient (Wildman–Crippen LogP) is 12.8. The molecule has 5 aromatic carbocycles. The summed E-state index contributed by atoms with van der Waals surface area (Å²) < 4.78 is 181. The van der Waals surface area contributed by atoms with Crippen molar-refractivity contribution < 1.29 is 57.9 Å². The summed E-state index contributed by atoms with van der Waals surface area (Å²) in [5.41, 5.74) is -12.2. The molecule has 0 aliphatic rings. The highest BCUT2D eigenvalue weighted by atomic mass is 19.4. The van der Waals surface area contributed by atoms with E-state index in [1.165, 1.54) is 6.92 Å². The van der Waals surface area contributed by atoms with Gasteiger partial charge in [0.2, 0.25) is 10.8 Å². The third-order valence-electron chi connectivity index (χ3n) is 11.4. The van der Waals surface area contributed by atoms with Crippen molar-refractivity contribution in [2.24, 2.45) is 0 Å². The fraction of sp³-hybridized carbons (Fsp3) is 0.261. The topological polar surface area (TPSA) is 81.7 Å². The van der Waals surface area contributed by atoms with Crippen LogP contribution in [0.5, 0.6) is 0 Å². The Kier molecular flexibility index (Phi) is 11.3. The zero-order valence-corrected chi connectivity index (χ0v) is 34.7. The van der Waals surface area contributed by atoms with E-state index in [1.54, 1.807) is 23.6 Å². The summed E-state index contributed by atoms with van der Waals surface area (Å²) >= 11 is 0. The average molecular weight is 917 g/mol. The van der Waals surface area contributed by atoms with Crippen LogP contribution in [0.4, 0.5) is 52.7 Å². The maximum atomic E-state index is 15.2. The van der Waals surface area contributed by atoms with Crippen molar-refractivity contribution in [1.82, 2.24) is 29.7 Å². The van der Waals surface area contributed by atoms with Crippen molar-refractivity contribution in [3.63, 3.8) is 0 Å². The van der Waals surface area contributed by atoms with E-state index in [9.17, 15) is 31.5 Å². The standard InChI is InChI=1S/C46H36F12N6O/c1-26-6-14-32(15-7-26)41(43(47,48)49,44(50,51)52)34-18-10-29(11-19-34)38-61-62-39(64(38)65)30-12-20-35(21-13-30)42(45(53,54)55,46(56,57)58)33-16-8-28(9-17-33)37-60-59-27(2)63(37)36-24-22-31(23-25-36)40(3,4)5/h6-25,65H,1-5H3. The zero-order valence-electron chi connectivity index (χ0n) is 34.7. The van der Waals surface area contributed by atoms with Gasteiger partial charge in [-0.1, -0.05) is 136 Å². The van der Waals surface area contributed by atoms with Gasteiger partial charge in [0, 0.05) is 22.4 Å². The van der Waals surface area contributed by atoms with E-state index in [4.69, 9.17) is 0 Å². The Morgan fingerprint density at radius 1 is 0.385 bits per heavy atom. The summed E-state index contributed by atoms with van der Waals surface area (Å²) in [6.07, 6.45) is -23.7. The lowest BCUT2D eigenvalue weighted by Crippen LogP contribution is -2.54. The molecule has 0 amide bonds. The van der Waals surface area contributed by atoms with Gasteiger partial charge in [-0.2, -0.15) is 52.7 Å². The molecular weight excluding hydrogens is 881 g/mol. The zero-order chi connectivity index (χ0) is 47.7. The van der Waals surface area contributed by atoms with E-state index < -0.39 is 69.4 Å². The summed E-state index contributed by atoms with van der Waals surface area (Å²) in [6, 6.07) is 20.1. The quantitative estimate of drug-likeness (QED) is 0.121. The summed E-state index contributed by atoms with van der Waals surface area (Å²) in [5, 5.41) is 26.7. The lowest BCUT2D eigenvalue weighted by molar-refractivity contribution is -0.290. The molecule has 7 rings (SSSR count). The molecule has 0 saturated heterocycles. The van der Waals surface area contributed by atoms with Gasteiger partial charge in [-0.3, -0.25) is 4.57 Å². The first kappa shape index (κ1) is 46.3. The van der Waals surface area contributed by atoms with Crippen LogP contribution in [0.1, 0.15) is 60.0 Å². The normalized spacial score (nSPS) is 13.4. The second-order valence-electron chi connectivity index (χ2n) is 16.5. The molecule has 0 atom stereocenters. The fourth-order valence-corrected chi connectivity index (χ4v) is 7.98. The highest BCUT2D eigenvalue weighted by Gasteiger charge is 2.73. The fourth-order valence-electron chi connectivity index (χ4n) is 7.98. The molecule has 0 unspecified atom stereocenters. The second-order valence-corrected chi connectivity index (χ2v) is 16.5. The summed E-state index contributed by atoms with van der Waals surface area (Å²) in [4.78, 5) is 0. The summed E-state index contributed by atoms with van der Waals surface area (Å²) in [5.74, 6) is -0.490. The van der Waals surface area contributed by atoms with Crippen LogP contribution in [0.2, 0.25) is 0 Å². The maximum absolute atomic E-state index is 15.2. The van der Waals surface area contributed by atoms with E-state index in [0.29, 0.717) is 53.5 Å². The third-order valence-corrected chi connectivity index (χ3v) is 11.4. The molecule has 7 aromatic rings. The first-order chi connectivity index (χ1) is 30.1. The molecule has 0 spiro atoms. The molecule has 0 aliphatic heterocycles. The van der Waals surface area contributed by atoms with Gasteiger partial charge in [0.15, 0.2) is 17.5 Å².